The quantitative estimate of drug-likeness (QED) is 0.685. The maximum Gasteiger partial charge on any atom is 0.234 e. The van der Waals surface area contributed by atoms with Gasteiger partial charge in [-0.25, -0.2) is 8.78 Å². The van der Waals surface area contributed by atoms with E-state index in [2.05, 4.69) is 0 Å². The topological polar surface area (TPSA) is 39.4 Å². The van der Waals surface area contributed by atoms with Crippen LogP contribution in [0.2, 0.25) is 0 Å². The van der Waals surface area contributed by atoms with Crippen LogP contribution in [-0.4, -0.2) is 12.9 Å². The van der Waals surface area contributed by atoms with Gasteiger partial charge < -0.3 is 9.15 Å². The average Bonchev–Trinajstić information content (AvgIpc) is 2.89. The first-order valence-electron chi connectivity index (χ1n) is 6.16. The third-order valence-electron chi connectivity index (χ3n) is 3.14. The molecular weight excluding hydrogens is 278 g/mol. The summed E-state index contributed by atoms with van der Waals surface area (Å²) in [4.78, 5) is 12.2. The predicted octanol–water partition coefficient (Wildman–Crippen LogP) is 3.95. The lowest BCUT2D eigenvalue weighted by Gasteiger charge is -2.01. The van der Waals surface area contributed by atoms with Crippen LogP contribution in [-0.2, 0) is 0 Å². The van der Waals surface area contributed by atoms with E-state index in [1.807, 2.05) is 0 Å². The first-order valence-corrected chi connectivity index (χ1v) is 6.16. The van der Waals surface area contributed by atoms with Crippen molar-refractivity contribution in [2.75, 3.05) is 7.11 Å². The minimum absolute atomic E-state index is 0.123. The first-order chi connectivity index (χ1) is 10.1. The Hall–Kier alpha value is -2.69. The number of ketones is 1. The van der Waals surface area contributed by atoms with Crippen molar-refractivity contribution in [3.63, 3.8) is 0 Å². The second-order valence-corrected chi connectivity index (χ2v) is 4.44. The van der Waals surface area contributed by atoms with Gasteiger partial charge in [-0.2, -0.15) is 0 Å². The molecule has 106 valence electrons. The van der Waals surface area contributed by atoms with E-state index in [0.29, 0.717) is 16.7 Å². The van der Waals surface area contributed by atoms with Crippen molar-refractivity contribution in [1.29, 1.82) is 0 Å². The maximum atomic E-state index is 13.6. The Bertz CT molecular complexity index is 816. The number of ether oxygens (including phenoxy) is 1. The van der Waals surface area contributed by atoms with Crippen molar-refractivity contribution in [2.24, 2.45) is 0 Å². The molecule has 3 nitrogen and oxygen atoms in total. The molecular formula is C16H10F2O3. The molecule has 3 rings (SSSR count). The van der Waals surface area contributed by atoms with Crippen molar-refractivity contribution in [1.82, 2.24) is 0 Å². The van der Waals surface area contributed by atoms with E-state index in [1.54, 1.807) is 18.2 Å². The molecule has 1 aromatic heterocycles. The fourth-order valence-electron chi connectivity index (χ4n) is 2.09. The van der Waals surface area contributed by atoms with E-state index in [0.717, 1.165) is 12.1 Å². The molecule has 5 heteroatoms. The van der Waals surface area contributed by atoms with Crippen molar-refractivity contribution >= 4 is 16.8 Å². The Kier molecular flexibility index (Phi) is 3.17. The van der Waals surface area contributed by atoms with Crippen molar-refractivity contribution < 1.29 is 22.7 Å². The highest BCUT2D eigenvalue weighted by Crippen LogP contribution is 2.26. The van der Waals surface area contributed by atoms with Gasteiger partial charge in [0.2, 0.25) is 5.78 Å². The molecule has 1 heterocycles. The molecule has 0 saturated carbocycles. The number of halogens is 2. The van der Waals surface area contributed by atoms with Crippen molar-refractivity contribution in [2.45, 2.75) is 0 Å². The smallest absolute Gasteiger partial charge is 0.234 e. The van der Waals surface area contributed by atoms with Gasteiger partial charge >= 0.3 is 0 Å². The molecule has 0 N–H and O–H groups in total. The van der Waals surface area contributed by atoms with Gasteiger partial charge in [-0.05, 0) is 30.3 Å². The standard InChI is InChI=1S/C16H10F2O3/c1-20-10-6-5-9-7-14(21-13(9)8-10)16(19)15-11(17)3-2-4-12(15)18/h2-8H,1H3. The minimum atomic E-state index is -0.918. The summed E-state index contributed by atoms with van der Waals surface area (Å²) >= 11 is 0. The normalized spacial score (nSPS) is 10.8. The van der Waals surface area contributed by atoms with E-state index >= 15 is 0 Å². The molecule has 2 aromatic carbocycles. The summed E-state index contributed by atoms with van der Waals surface area (Å²) in [5.41, 5.74) is -0.210. The number of carbonyl (C=O) groups excluding carboxylic acids is 1. The largest absolute Gasteiger partial charge is 0.497 e. The zero-order chi connectivity index (χ0) is 15.0. The lowest BCUT2D eigenvalue weighted by atomic mass is 10.1. The van der Waals surface area contributed by atoms with Gasteiger partial charge in [-0.1, -0.05) is 6.07 Å². The second kappa shape index (κ2) is 5.01. The molecule has 0 bridgehead atoms. The van der Waals surface area contributed by atoms with Crippen LogP contribution in [0.25, 0.3) is 11.0 Å². The molecule has 0 saturated heterocycles. The SMILES string of the molecule is COc1ccc2cc(C(=O)c3c(F)cccc3F)oc2c1. The highest BCUT2D eigenvalue weighted by molar-refractivity contribution is 6.09. The second-order valence-electron chi connectivity index (χ2n) is 4.44. The Balaban J connectivity index is 2.10. The van der Waals surface area contributed by atoms with Gasteiger partial charge in [0.25, 0.3) is 0 Å². The van der Waals surface area contributed by atoms with Crippen LogP contribution in [0.4, 0.5) is 8.78 Å². The number of benzene rings is 2. The van der Waals surface area contributed by atoms with Crippen LogP contribution in [0, 0.1) is 11.6 Å². The molecule has 0 aliphatic heterocycles. The van der Waals surface area contributed by atoms with E-state index < -0.39 is 23.0 Å². The molecule has 0 aliphatic carbocycles. The summed E-state index contributed by atoms with van der Waals surface area (Å²) in [6.45, 7) is 0. The number of rotatable bonds is 3. The van der Waals surface area contributed by atoms with Crippen LogP contribution in [0.5, 0.6) is 5.75 Å². The van der Waals surface area contributed by atoms with Crippen molar-refractivity contribution in [3.05, 3.63) is 65.4 Å². The van der Waals surface area contributed by atoms with Crippen LogP contribution >= 0.6 is 0 Å². The molecule has 0 atom stereocenters. The van der Waals surface area contributed by atoms with Gasteiger partial charge in [0.15, 0.2) is 5.76 Å². The average molecular weight is 288 g/mol. The minimum Gasteiger partial charge on any atom is -0.497 e. The summed E-state index contributed by atoms with van der Waals surface area (Å²) in [6.07, 6.45) is 0. The third-order valence-corrected chi connectivity index (χ3v) is 3.14. The van der Waals surface area contributed by atoms with Gasteiger partial charge in [-0.15, -0.1) is 0 Å². The van der Waals surface area contributed by atoms with Gasteiger partial charge in [-0.3, -0.25) is 4.79 Å². The van der Waals surface area contributed by atoms with E-state index in [1.165, 1.54) is 19.2 Å². The summed E-state index contributed by atoms with van der Waals surface area (Å²) in [5.74, 6) is -2.23. The lowest BCUT2D eigenvalue weighted by Crippen LogP contribution is -2.06. The van der Waals surface area contributed by atoms with E-state index in [9.17, 15) is 13.6 Å². The summed E-state index contributed by atoms with van der Waals surface area (Å²) < 4.78 is 37.7. The highest BCUT2D eigenvalue weighted by Gasteiger charge is 2.22. The van der Waals surface area contributed by atoms with Crippen LogP contribution in [0.1, 0.15) is 16.1 Å². The van der Waals surface area contributed by atoms with Crippen LogP contribution < -0.4 is 4.74 Å². The number of fused-ring (bicyclic) bond motifs is 1. The molecule has 3 aromatic rings. The molecule has 0 amide bonds. The molecule has 0 radical (unpaired) electrons. The fourth-order valence-corrected chi connectivity index (χ4v) is 2.09. The first kappa shape index (κ1) is 13.3. The van der Waals surface area contributed by atoms with Crippen LogP contribution in [0.15, 0.2) is 46.9 Å². The number of methoxy groups -OCH3 is 1. The summed E-state index contributed by atoms with van der Waals surface area (Å²) in [5, 5.41) is 0.649. The maximum absolute atomic E-state index is 13.6. The number of hydrogen-bond donors (Lipinski definition) is 0. The third kappa shape index (κ3) is 2.27. The zero-order valence-electron chi connectivity index (χ0n) is 11.0. The zero-order valence-corrected chi connectivity index (χ0v) is 11.0. The van der Waals surface area contributed by atoms with E-state index in [-0.39, 0.29) is 5.76 Å². The van der Waals surface area contributed by atoms with Gasteiger partial charge in [0.1, 0.15) is 23.0 Å². The van der Waals surface area contributed by atoms with Crippen molar-refractivity contribution in [3.8, 4) is 5.75 Å². The van der Waals surface area contributed by atoms with Crippen LogP contribution in [0.3, 0.4) is 0 Å². The van der Waals surface area contributed by atoms with Gasteiger partial charge in [0, 0.05) is 11.5 Å². The molecule has 21 heavy (non-hydrogen) atoms. The predicted molar refractivity (Wildman–Crippen MR) is 72.6 cm³/mol. The summed E-state index contributed by atoms with van der Waals surface area (Å²) in [6, 6.07) is 9.71. The molecule has 0 unspecified atom stereocenters. The number of furan rings is 1. The monoisotopic (exact) mass is 288 g/mol. The Labute approximate surface area is 118 Å². The Morgan fingerprint density at radius 1 is 1.10 bits per heavy atom. The van der Waals surface area contributed by atoms with Gasteiger partial charge in [0.05, 0.1) is 12.7 Å². The Morgan fingerprint density at radius 2 is 1.81 bits per heavy atom. The lowest BCUT2D eigenvalue weighted by molar-refractivity contribution is 0.100. The molecule has 0 fully saturated rings. The highest BCUT2D eigenvalue weighted by atomic mass is 19.1. The fraction of sp³-hybridized carbons (Fsp3) is 0.0625. The molecule has 0 aliphatic rings. The number of carbonyl (C=O) groups is 1. The summed E-state index contributed by atoms with van der Waals surface area (Å²) in [7, 11) is 1.50. The number of hydrogen-bond acceptors (Lipinski definition) is 3. The Morgan fingerprint density at radius 3 is 2.48 bits per heavy atom. The molecule has 0 spiro atoms. The van der Waals surface area contributed by atoms with E-state index in [4.69, 9.17) is 9.15 Å².